The molecule has 0 aliphatic carbocycles. The second-order valence-electron chi connectivity index (χ2n) is 6.82. The smallest absolute Gasteiger partial charge is 0.0441 e. The lowest BCUT2D eigenvalue weighted by Crippen LogP contribution is -2.40. The number of hydrogen-bond donors (Lipinski definition) is 2. The molecule has 0 atom stereocenters. The number of anilines is 1. The average molecular weight is 248 g/mol. The van der Waals surface area contributed by atoms with E-state index in [9.17, 15) is 0 Å². The molecule has 18 heavy (non-hydrogen) atoms. The third-order valence-corrected chi connectivity index (χ3v) is 3.20. The summed E-state index contributed by atoms with van der Waals surface area (Å²) in [6.45, 7) is 14.3. The van der Waals surface area contributed by atoms with Crippen LogP contribution in [0.15, 0.2) is 18.2 Å². The summed E-state index contributed by atoms with van der Waals surface area (Å²) in [7, 11) is 1.99. The predicted octanol–water partition coefficient (Wildman–Crippen LogP) is 3.70. The highest BCUT2D eigenvalue weighted by Gasteiger charge is 2.19. The molecular formula is C16H28N2. The second-order valence-corrected chi connectivity index (χ2v) is 6.82. The summed E-state index contributed by atoms with van der Waals surface area (Å²) in [5.74, 6) is 0. The molecule has 1 rings (SSSR count). The predicted molar refractivity (Wildman–Crippen MR) is 81.5 cm³/mol. The monoisotopic (exact) mass is 248 g/mol. The third-order valence-electron chi connectivity index (χ3n) is 3.20. The highest BCUT2D eigenvalue weighted by Crippen LogP contribution is 2.28. The van der Waals surface area contributed by atoms with E-state index in [4.69, 9.17) is 0 Å². The molecule has 2 heteroatoms. The van der Waals surface area contributed by atoms with Gasteiger partial charge in [-0.2, -0.15) is 0 Å². The van der Waals surface area contributed by atoms with Crippen molar-refractivity contribution in [3.63, 3.8) is 0 Å². The second kappa shape index (κ2) is 5.31. The zero-order valence-electron chi connectivity index (χ0n) is 12.9. The van der Waals surface area contributed by atoms with Gasteiger partial charge in [0.05, 0.1) is 0 Å². The molecule has 1 aromatic carbocycles. The molecule has 0 spiro atoms. The van der Waals surface area contributed by atoms with E-state index in [1.807, 2.05) is 7.05 Å². The van der Waals surface area contributed by atoms with Crippen molar-refractivity contribution in [2.24, 2.45) is 0 Å². The Labute approximate surface area is 112 Å². The molecule has 0 bridgehead atoms. The van der Waals surface area contributed by atoms with Gasteiger partial charge in [0.15, 0.2) is 0 Å². The molecule has 2 nitrogen and oxygen atoms in total. The quantitative estimate of drug-likeness (QED) is 0.849. The Morgan fingerprint density at radius 2 is 1.67 bits per heavy atom. The molecular weight excluding hydrogens is 220 g/mol. The number of nitrogens with one attached hydrogen (secondary N) is 2. The van der Waals surface area contributed by atoms with Crippen molar-refractivity contribution in [2.75, 3.05) is 18.9 Å². The van der Waals surface area contributed by atoms with Crippen molar-refractivity contribution in [1.29, 1.82) is 0 Å². The Balaban J connectivity index is 3.02. The van der Waals surface area contributed by atoms with Crippen LogP contribution in [-0.4, -0.2) is 19.1 Å². The highest BCUT2D eigenvalue weighted by molar-refractivity contribution is 5.55. The van der Waals surface area contributed by atoms with Gasteiger partial charge in [0.2, 0.25) is 0 Å². The molecule has 0 saturated carbocycles. The van der Waals surface area contributed by atoms with Crippen molar-refractivity contribution in [2.45, 2.75) is 52.5 Å². The Hall–Kier alpha value is -1.02. The fraction of sp³-hybridized carbons (Fsp3) is 0.625. The number of benzene rings is 1. The van der Waals surface area contributed by atoms with Gasteiger partial charge in [-0.25, -0.2) is 0 Å². The van der Waals surface area contributed by atoms with Gasteiger partial charge in [-0.1, -0.05) is 32.9 Å². The summed E-state index contributed by atoms with van der Waals surface area (Å²) in [5, 5.41) is 6.87. The van der Waals surface area contributed by atoms with Crippen molar-refractivity contribution >= 4 is 5.69 Å². The van der Waals surface area contributed by atoms with Gasteiger partial charge < -0.3 is 10.6 Å². The van der Waals surface area contributed by atoms with Gasteiger partial charge in [-0.05, 0) is 50.4 Å². The van der Waals surface area contributed by atoms with E-state index in [-0.39, 0.29) is 11.0 Å². The van der Waals surface area contributed by atoms with E-state index >= 15 is 0 Å². The van der Waals surface area contributed by atoms with E-state index in [1.165, 1.54) is 16.8 Å². The molecule has 1 aromatic rings. The molecule has 0 unspecified atom stereocenters. The van der Waals surface area contributed by atoms with Gasteiger partial charge in [-0.3, -0.25) is 0 Å². The van der Waals surface area contributed by atoms with Crippen LogP contribution in [0.3, 0.4) is 0 Å². The van der Waals surface area contributed by atoms with Crippen LogP contribution >= 0.6 is 0 Å². The van der Waals surface area contributed by atoms with Crippen LogP contribution in [0, 0.1) is 6.92 Å². The topological polar surface area (TPSA) is 24.1 Å². The lowest BCUT2D eigenvalue weighted by atomic mass is 9.86. The lowest BCUT2D eigenvalue weighted by molar-refractivity contribution is 0.529. The first-order chi connectivity index (χ1) is 8.15. The average Bonchev–Trinajstić information content (AvgIpc) is 2.19. The number of likely N-dealkylation sites (N-methyl/N-ethyl adjacent to an activating group) is 1. The zero-order chi connectivity index (χ0) is 14.0. The van der Waals surface area contributed by atoms with Crippen LogP contribution in [0.1, 0.15) is 45.7 Å². The summed E-state index contributed by atoms with van der Waals surface area (Å²) in [6, 6.07) is 6.72. The van der Waals surface area contributed by atoms with E-state index in [0.717, 1.165) is 6.54 Å². The largest absolute Gasteiger partial charge is 0.379 e. The summed E-state index contributed by atoms with van der Waals surface area (Å²) in [6.07, 6.45) is 0. The van der Waals surface area contributed by atoms with Gasteiger partial charge >= 0.3 is 0 Å². The molecule has 0 amide bonds. The van der Waals surface area contributed by atoms with Gasteiger partial charge in [0.25, 0.3) is 0 Å². The Bertz CT molecular complexity index is 400. The summed E-state index contributed by atoms with van der Waals surface area (Å²) in [4.78, 5) is 0. The van der Waals surface area contributed by atoms with E-state index in [2.05, 4.69) is 70.4 Å². The fourth-order valence-electron chi connectivity index (χ4n) is 2.07. The van der Waals surface area contributed by atoms with Crippen molar-refractivity contribution in [1.82, 2.24) is 5.32 Å². The van der Waals surface area contributed by atoms with E-state index in [0.29, 0.717) is 0 Å². The highest BCUT2D eigenvalue weighted by atomic mass is 15.0. The third kappa shape index (κ3) is 4.02. The SMILES string of the molecule is CNCC(C)(C)Nc1cc(C(C)(C)C)ccc1C. The van der Waals surface area contributed by atoms with Crippen LogP contribution in [0.25, 0.3) is 0 Å². The molecule has 0 aliphatic heterocycles. The van der Waals surface area contributed by atoms with Crippen molar-refractivity contribution in [3.05, 3.63) is 29.3 Å². The lowest BCUT2D eigenvalue weighted by Gasteiger charge is -2.29. The maximum absolute atomic E-state index is 3.64. The molecule has 2 N–H and O–H groups in total. The van der Waals surface area contributed by atoms with Crippen LogP contribution < -0.4 is 10.6 Å². The first-order valence-electron chi connectivity index (χ1n) is 6.70. The molecule has 0 saturated heterocycles. The van der Waals surface area contributed by atoms with Gasteiger partial charge in [0, 0.05) is 17.8 Å². The molecule has 0 aromatic heterocycles. The van der Waals surface area contributed by atoms with E-state index < -0.39 is 0 Å². The van der Waals surface area contributed by atoms with Crippen LogP contribution in [-0.2, 0) is 5.41 Å². The number of rotatable bonds is 4. The van der Waals surface area contributed by atoms with Gasteiger partial charge in [0.1, 0.15) is 0 Å². The first kappa shape index (κ1) is 15.0. The van der Waals surface area contributed by atoms with Crippen LogP contribution in [0.5, 0.6) is 0 Å². The Kier molecular flexibility index (Phi) is 4.44. The molecule has 0 heterocycles. The standard InChI is InChI=1S/C16H28N2/c1-12-8-9-13(15(2,3)4)10-14(12)18-16(5,6)11-17-7/h8-10,17-18H,11H2,1-7H3. The Morgan fingerprint density at radius 3 is 2.17 bits per heavy atom. The minimum Gasteiger partial charge on any atom is -0.379 e. The maximum Gasteiger partial charge on any atom is 0.0441 e. The minimum absolute atomic E-state index is 0.0516. The molecule has 102 valence electrons. The maximum atomic E-state index is 3.64. The Morgan fingerprint density at radius 1 is 1.06 bits per heavy atom. The van der Waals surface area contributed by atoms with Crippen molar-refractivity contribution in [3.8, 4) is 0 Å². The normalized spacial score (nSPS) is 12.6. The number of aryl methyl sites for hydroxylation is 1. The molecule has 0 fully saturated rings. The van der Waals surface area contributed by atoms with Gasteiger partial charge in [-0.15, -0.1) is 0 Å². The number of hydrogen-bond acceptors (Lipinski definition) is 2. The van der Waals surface area contributed by atoms with Crippen LogP contribution in [0.4, 0.5) is 5.69 Å². The fourth-order valence-corrected chi connectivity index (χ4v) is 2.07. The molecule has 0 radical (unpaired) electrons. The van der Waals surface area contributed by atoms with E-state index in [1.54, 1.807) is 0 Å². The summed E-state index contributed by atoms with van der Waals surface area (Å²) < 4.78 is 0. The van der Waals surface area contributed by atoms with Crippen LogP contribution in [0.2, 0.25) is 0 Å². The minimum atomic E-state index is 0.0516. The summed E-state index contributed by atoms with van der Waals surface area (Å²) in [5.41, 5.74) is 4.15. The molecule has 0 aliphatic rings. The zero-order valence-corrected chi connectivity index (χ0v) is 12.9. The van der Waals surface area contributed by atoms with Crippen molar-refractivity contribution < 1.29 is 0 Å². The summed E-state index contributed by atoms with van der Waals surface area (Å²) >= 11 is 0. The first-order valence-corrected chi connectivity index (χ1v) is 6.70.